The van der Waals surface area contributed by atoms with Gasteiger partial charge in [0.25, 0.3) is 0 Å². The van der Waals surface area contributed by atoms with Gasteiger partial charge in [0.2, 0.25) is 0 Å². The van der Waals surface area contributed by atoms with E-state index in [1.807, 2.05) is 12.1 Å². The molecule has 1 atom stereocenters. The maximum atomic E-state index is 5.79. The standard InChI is InChI=1S/C19H31N3O2/c1-15(2)13-23-17-8-6-16(7-9-17)12-21-18(20-4)22-14-19(3)10-5-11-24-19/h6-9,15H,5,10-14H2,1-4H3,(H2,20,21,22). The van der Waals surface area contributed by atoms with Crippen molar-refractivity contribution >= 4 is 5.96 Å². The summed E-state index contributed by atoms with van der Waals surface area (Å²) in [6.45, 7) is 9.54. The lowest BCUT2D eigenvalue weighted by atomic mass is 10.0. The molecule has 5 heteroatoms. The van der Waals surface area contributed by atoms with E-state index in [9.17, 15) is 0 Å². The van der Waals surface area contributed by atoms with E-state index in [4.69, 9.17) is 9.47 Å². The van der Waals surface area contributed by atoms with E-state index in [0.29, 0.717) is 5.92 Å². The zero-order valence-electron chi connectivity index (χ0n) is 15.4. The quantitative estimate of drug-likeness (QED) is 0.595. The van der Waals surface area contributed by atoms with Gasteiger partial charge in [-0.15, -0.1) is 0 Å². The van der Waals surface area contributed by atoms with Crippen LogP contribution in [0.25, 0.3) is 0 Å². The number of ether oxygens (including phenoxy) is 2. The second-order valence-corrected chi connectivity index (χ2v) is 7.03. The normalized spacial score (nSPS) is 21.1. The minimum atomic E-state index is -0.0764. The van der Waals surface area contributed by atoms with Crippen LogP contribution in [-0.4, -0.2) is 38.4 Å². The summed E-state index contributed by atoms with van der Waals surface area (Å²) in [6, 6.07) is 8.20. The lowest BCUT2D eigenvalue weighted by Gasteiger charge is -2.24. The first-order valence-electron chi connectivity index (χ1n) is 8.81. The summed E-state index contributed by atoms with van der Waals surface area (Å²) in [7, 11) is 1.79. The molecule has 1 aliphatic rings. The van der Waals surface area contributed by atoms with Crippen LogP contribution in [0.2, 0.25) is 0 Å². The zero-order valence-corrected chi connectivity index (χ0v) is 15.4. The molecule has 24 heavy (non-hydrogen) atoms. The number of aliphatic imine (C=N–C) groups is 1. The third-order valence-electron chi connectivity index (χ3n) is 4.12. The van der Waals surface area contributed by atoms with Crippen LogP contribution >= 0.6 is 0 Å². The van der Waals surface area contributed by atoms with Crippen molar-refractivity contribution in [3.8, 4) is 5.75 Å². The third-order valence-corrected chi connectivity index (χ3v) is 4.12. The van der Waals surface area contributed by atoms with Gasteiger partial charge in [0.1, 0.15) is 5.75 Å². The number of rotatable bonds is 7. The third kappa shape index (κ3) is 6.04. The van der Waals surface area contributed by atoms with E-state index in [-0.39, 0.29) is 5.60 Å². The average molecular weight is 333 g/mol. The van der Waals surface area contributed by atoms with Gasteiger partial charge in [-0.2, -0.15) is 0 Å². The highest BCUT2D eigenvalue weighted by Gasteiger charge is 2.29. The molecular weight excluding hydrogens is 302 g/mol. The van der Waals surface area contributed by atoms with Crippen LogP contribution in [0.4, 0.5) is 0 Å². The molecule has 1 saturated heterocycles. The fraction of sp³-hybridized carbons (Fsp3) is 0.632. The molecule has 0 radical (unpaired) electrons. The highest BCUT2D eigenvalue weighted by atomic mass is 16.5. The first-order valence-corrected chi connectivity index (χ1v) is 8.81. The number of nitrogens with one attached hydrogen (secondary N) is 2. The van der Waals surface area contributed by atoms with Crippen molar-refractivity contribution in [1.29, 1.82) is 0 Å². The van der Waals surface area contributed by atoms with Crippen LogP contribution in [0.3, 0.4) is 0 Å². The van der Waals surface area contributed by atoms with Crippen LogP contribution < -0.4 is 15.4 Å². The van der Waals surface area contributed by atoms with Gasteiger partial charge in [0.05, 0.1) is 12.2 Å². The summed E-state index contributed by atoms with van der Waals surface area (Å²) >= 11 is 0. The molecule has 1 fully saturated rings. The predicted molar refractivity (Wildman–Crippen MR) is 98.6 cm³/mol. The Morgan fingerprint density at radius 2 is 2.04 bits per heavy atom. The Hall–Kier alpha value is -1.75. The van der Waals surface area contributed by atoms with Crippen LogP contribution in [0, 0.1) is 5.92 Å². The summed E-state index contributed by atoms with van der Waals surface area (Å²) in [5.74, 6) is 2.25. The van der Waals surface area contributed by atoms with E-state index >= 15 is 0 Å². The predicted octanol–water partition coefficient (Wildman–Crippen LogP) is 2.96. The van der Waals surface area contributed by atoms with E-state index < -0.39 is 0 Å². The number of hydrogen-bond donors (Lipinski definition) is 2. The second kappa shape index (κ2) is 8.92. The van der Waals surface area contributed by atoms with Gasteiger partial charge in [0, 0.05) is 26.7 Å². The van der Waals surface area contributed by atoms with Crippen LogP contribution in [0.5, 0.6) is 5.75 Å². The van der Waals surface area contributed by atoms with Crippen LogP contribution in [0.1, 0.15) is 39.2 Å². The fourth-order valence-corrected chi connectivity index (χ4v) is 2.62. The molecule has 0 spiro atoms. The SMILES string of the molecule is CN=C(NCc1ccc(OCC(C)C)cc1)NCC1(C)CCCO1. The molecule has 1 aromatic carbocycles. The Morgan fingerprint density at radius 1 is 1.29 bits per heavy atom. The lowest BCUT2D eigenvalue weighted by Crippen LogP contribution is -2.45. The monoisotopic (exact) mass is 333 g/mol. The molecule has 1 heterocycles. The molecule has 0 saturated carbocycles. The van der Waals surface area contributed by atoms with E-state index in [0.717, 1.165) is 50.9 Å². The molecule has 1 unspecified atom stereocenters. The Balaban J connectivity index is 1.76. The molecular formula is C19H31N3O2. The van der Waals surface area contributed by atoms with Gasteiger partial charge in [-0.3, -0.25) is 4.99 Å². The molecule has 2 N–H and O–H groups in total. The Bertz CT molecular complexity index is 520. The average Bonchev–Trinajstić information content (AvgIpc) is 3.01. The van der Waals surface area contributed by atoms with Crippen molar-refractivity contribution in [3.05, 3.63) is 29.8 Å². The molecule has 0 aromatic heterocycles. The van der Waals surface area contributed by atoms with Gasteiger partial charge < -0.3 is 20.1 Å². The van der Waals surface area contributed by atoms with Crippen LogP contribution in [0.15, 0.2) is 29.3 Å². The number of nitrogens with zero attached hydrogens (tertiary/aromatic N) is 1. The number of hydrogen-bond acceptors (Lipinski definition) is 3. The van der Waals surface area contributed by atoms with Gasteiger partial charge in [0.15, 0.2) is 5.96 Å². The van der Waals surface area contributed by atoms with E-state index in [1.54, 1.807) is 7.05 Å². The maximum absolute atomic E-state index is 5.79. The molecule has 1 aliphatic heterocycles. The molecule has 1 aromatic rings. The van der Waals surface area contributed by atoms with Crippen molar-refractivity contribution in [1.82, 2.24) is 10.6 Å². The first-order chi connectivity index (χ1) is 11.5. The summed E-state index contributed by atoms with van der Waals surface area (Å²) in [5, 5.41) is 6.69. The van der Waals surface area contributed by atoms with E-state index in [2.05, 4.69) is 48.5 Å². The zero-order chi connectivity index (χ0) is 17.4. The van der Waals surface area contributed by atoms with Crippen LogP contribution in [-0.2, 0) is 11.3 Å². The van der Waals surface area contributed by atoms with Gasteiger partial charge >= 0.3 is 0 Å². The topological polar surface area (TPSA) is 54.9 Å². The summed E-state index contributed by atoms with van der Waals surface area (Å²) < 4.78 is 11.5. The highest BCUT2D eigenvalue weighted by molar-refractivity contribution is 5.79. The Labute approximate surface area is 145 Å². The van der Waals surface area contributed by atoms with Gasteiger partial charge in [-0.1, -0.05) is 26.0 Å². The molecule has 134 valence electrons. The van der Waals surface area contributed by atoms with Gasteiger partial charge in [-0.05, 0) is 43.4 Å². The van der Waals surface area contributed by atoms with Crippen molar-refractivity contribution < 1.29 is 9.47 Å². The summed E-state index contributed by atoms with van der Waals surface area (Å²) in [4.78, 5) is 4.28. The minimum absolute atomic E-state index is 0.0764. The maximum Gasteiger partial charge on any atom is 0.191 e. The molecule has 2 rings (SSSR count). The van der Waals surface area contributed by atoms with E-state index in [1.165, 1.54) is 5.56 Å². The Kier molecular flexibility index (Phi) is 6.91. The molecule has 0 amide bonds. The smallest absolute Gasteiger partial charge is 0.191 e. The molecule has 0 bridgehead atoms. The largest absolute Gasteiger partial charge is 0.493 e. The Morgan fingerprint density at radius 3 is 2.62 bits per heavy atom. The molecule has 0 aliphatic carbocycles. The van der Waals surface area contributed by atoms with Crippen molar-refractivity contribution in [3.63, 3.8) is 0 Å². The minimum Gasteiger partial charge on any atom is -0.493 e. The second-order valence-electron chi connectivity index (χ2n) is 7.03. The lowest BCUT2D eigenvalue weighted by molar-refractivity contribution is 0.0243. The highest BCUT2D eigenvalue weighted by Crippen LogP contribution is 2.23. The first kappa shape index (κ1) is 18.6. The fourth-order valence-electron chi connectivity index (χ4n) is 2.62. The van der Waals surface area contributed by atoms with Crippen molar-refractivity contribution in [2.24, 2.45) is 10.9 Å². The van der Waals surface area contributed by atoms with Crippen molar-refractivity contribution in [2.45, 2.75) is 45.8 Å². The van der Waals surface area contributed by atoms with Crippen molar-refractivity contribution in [2.75, 3.05) is 26.8 Å². The van der Waals surface area contributed by atoms with Gasteiger partial charge in [-0.25, -0.2) is 0 Å². The summed E-state index contributed by atoms with van der Waals surface area (Å²) in [5.41, 5.74) is 1.12. The number of guanidine groups is 1. The number of benzene rings is 1. The molecule has 5 nitrogen and oxygen atoms in total. The summed E-state index contributed by atoms with van der Waals surface area (Å²) in [6.07, 6.45) is 2.23.